The third-order valence-corrected chi connectivity index (χ3v) is 4.46. The van der Waals surface area contributed by atoms with Crippen molar-refractivity contribution in [2.24, 2.45) is 0 Å². The van der Waals surface area contributed by atoms with Gasteiger partial charge in [-0.1, -0.05) is 35.0 Å². The number of rotatable bonds is 3. The maximum absolute atomic E-state index is 11.9. The summed E-state index contributed by atoms with van der Waals surface area (Å²) in [7, 11) is 1.53. The van der Waals surface area contributed by atoms with Gasteiger partial charge in [-0.25, -0.2) is 9.97 Å². The minimum absolute atomic E-state index is 0.203. The van der Waals surface area contributed by atoms with E-state index in [9.17, 15) is 4.79 Å². The summed E-state index contributed by atoms with van der Waals surface area (Å²) < 4.78 is 5.24. The molecule has 0 fully saturated rings. The molecule has 1 aromatic heterocycles. The third kappa shape index (κ3) is 2.51. The van der Waals surface area contributed by atoms with Crippen molar-refractivity contribution in [3.8, 4) is 17.0 Å². The number of thioether (sulfide) groups is 1. The Morgan fingerprint density at radius 2 is 1.95 bits per heavy atom. The summed E-state index contributed by atoms with van der Waals surface area (Å²) in [5.41, 5.74) is 2.40. The first kappa shape index (κ1) is 15.4. The SMILES string of the molecule is COc1cc(-c2nc(SC)nc3c2CNC3=O)c(Cl)cc1Cl. The molecule has 0 unspecified atom stereocenters. The van der Waals surface area contributed by atoms with Gasteiger partial charge in [0.1, 0.15) is 11.4 Å². The Morgan fingerprint density at radius 3 is 2.64 bits per heavy atom. The molecular weight excluding hydrogens is 345 g/mol. The van der Waals surface area contributed by atoms with Crippen LogP contribution >= 0.6 is 35.0 Å². The van der Waals surface area contributed by atoms with E-state index in [1.807, 2.05) is 6.26 Å². The number of nitrogens with one attached hydrogen (secondary N) is 1. The number of aromatic nitrogens is 2. The van der Waals surface area contributed by atoms with Crippen molar-refractivity contribution < 1.29 is 9.53 Å². The fourth-order valence-electron chi connectivity index (χ4n) is 2.25. The zero-order chi connectivity index (χ0) is 15.9. The average Bonchev–Trinajstić information content (AvgIpc) is 2.88. The summed E-state index contributed by atoms with van der Waals surface area (Å²) in [5, 5.41) is 4.13. The molecule has 1 aliphatic rings. The van der Waals surface area contributed by atoms with Crippen molar-refractivity contribution in [3.63, 3.8) is 0 Å². The van der Waals surface area contributed by atoms with Gasteiger partial charge in [0.2, 0.25) is 0 Å². The number of hydrogen-bond acceptors (Lipinski definition) is 5. The normalized spacial score (nSPS) is 13.0. The summed E-state index contributed by atoms with van der Waals surface area (Å²) in [6.07, 6.45) is 1.85. The molecule has 0 aliphatic carbocycles. The van der Waals surface area contributed by atoms with Gasteiger partial charge in [-0.05, 0) is 18.4 Å². The van der Waals surface area contributed by atoms with E-state index in [-0.39, 0.29) is 5.91 Å². The molecule has 3 rings (SSSR count). The second kappa shape index (κ2) is 5.95. The lowest BCUT2D eigenvalue weighted by Gasteiger charge is -2.12. The highest BCUT2D eigenvalue weighted by Crippen LogP contribution is 2.38. The number of fused-ring (bicyclic) bond motifs is 1. The van der Waals surface area contributed by atoms with E-state index >= 15 is 0 Å². The number of methoxy groups -OCH3 is 1. The Hall–Kier alpha value is -1.50. The molecule has 22 heavy (non-hydrogen) atoms. The molecule has 0 saturated heterocycles. The molecule has 1 amide bonds. The second-order valence-electron chi connectivity index (χ2n) is 4.54. The van der Waals surface area contributed by atoms with Crippen LogP contribution < -0.4 is 10.1 Å². The second-order valence-corrected chi connectivity index (χ2v) is 6.12. The molecular formula is C14H11Cl2N3O2S. The Bertz CT molecular complexity index is 783. The molecule has 8 heteroatoms. The van der Waals surface area contributed by atoms with E-state index in [1.54, 1.807) is 12.1 Å². The highest BCUT2D eigenvalue weighted by molar-refractivity contribution is 7.98. The van der Waals surface area contributed by atoms with E-state index in [0.29, 0.717) is 44.4 Å². The molecule has 114 valence electrons. The van der Waals surface area contributed by atoms with Gasteiger partial charge in [0.15, 0.2) is 5.16 Å². The van der Waals surface area contributed by atoms with Gasteiger partial charge >= 0.3 is 0 Å². The number of benzene rings is 1. The maximum Gasteiger partial charge on any atom is 0.270 e. The predicted octanol–water partition coefficient (Wildman–Crippen LogP) is 3.42. The Labute approximate surface area is 141 Å². The molecule has 0 radical (unpaired) electrons. The van der Waals surface area contributed by atoms with E-state index in [0.717, 1.165) is 5.56 Å². The molecule has 1 N–H and O–H groups in total. The fourth-order valence-corrected chi connectivity index (χ4v) is 3.17. The van der Waals surface area contributed by atoms with Crippen molar-refractivity contribution >= 4 is 40.9 Å². The van der Waals surface area contributed by atoms with Crippen LogP contribution in [0.15, 0.2) is 17.3 Å². The maximum atomic E-state index is 11.9. The van der Waals surface area contributed by atoms with Crippen LogP contribution in [0.1, 0.15) is 16.1 Å². The number of hydrogen-bond donors (Lipinski definition) is 1. The lowest BCUT2D eigenvalue weighted by atomic mass is 10.1. The number of halogens is 2. The predicted molar refractivity (Wildman–Crippen MR) is 87.0 cm³/mol. The largest absolute Gasteiger partial charge is 0.495 e. The molecule has 0 saturated carbocycles. The smallest absolute Gasteiger partial charge is 0.270 e. The Morgan fingerprint density at radius 1 is 1.23 bits per heavy atom. The van der Waals surface area contributed by atoms with E-state index in [2.05, 4.69) is 15.3 Å². The zero-order valence-electron chi connectivity index (χ0n) is 11.7. The van der Waals surface area contributed by atoms with E-state index in [4.69, 9.17) is 27.9 Å². The van der Waals surface area contributed by atoms with Crippen LogP contribution in [-0.4, -0.2) is 29.2 Å². The van der Waals surface area contributed by atoms with Crippen molar-refractivity contribution in [2.75, 3.05) is 13.4 Å². The van der Waals surface area contributed by atoms with Crippen LogP contribution in [0.25, 0.3) is 11.3 Å². The van der Waals surface area contributed by atoms with Crippen LogP contribution in [0.5, 0.6) is 5.75 Å². The number of amides is 1. The highest BCUT2D eigenvalue weighted by Gasteiger charge is 2.27. The molecule has 2 heterocycles. The van der Waals surface area contributed by atoms with Crippen LogP contribution in [0.4, 0.5) is 0 Å². The fraction of sp³-hybridized carbons (Fsp3) is 0.214. The first-order valence-corrected chi connectivity index (χ1v) is 8.29. The van der Waals surface area contributed by atoms with Gasteiger partial charge in [-0.2, -0.15) is 0 Å². The Balaban J connectivity index is 2.27. The molecule has 1 aliphatic heterocycles. The van der Waals surface area contributed by atoms with Gasteiger partial charge in [-0.15, -0.1) is 0 Å². The lowest BCUT2D eigenvalue weighted by molar-refractivity contribution is 0.0961. The molecule has 0 bridgehead atoms. The number of carbonyl (C=O) groups excluding carboxylic acids is 1. The van der Waals surface area contributed by atoms with Gasteiger partial charge in [-0.3, -0.25) is 4.79 Å². The van der Waals surface area contributed by atoms with E-state index < -0.39 is 0 Å². The molecule has 5 nitrogen and oxygen atoms in total. The van der Waals surface area contributed by atoms with E-state index in [1.165, 1.54) is 18.9 Å². The standard InChI is InChI=1S/C14H11Cl2N3O2S/c1-21-10-3-6(8(15)4-9(10)16)11-7-5-17-13(20)12(7)19-14(18-11)22-2/h3-4H,5H2,1-2H3,(H,17,20). The monoisotopic (exact) mass is 355 g/mol. The lowest BCUT2D eigenvalue weighted by Crippen LogP contribution is -2.13. The molecule has 1 aromatic carbocycles. The van der Waals surface area contributed by atoms with Gasteiger partial charge in [0.05, 0.1) is 22.8 Å². The van der Waals surface area contributed by atoms with Gasteiger partial charge in [0, 0.05) is 17.7 Å². The Kier molecular flexibility index (Phi) is 4.16. The van der Waals surface area contributed by atoms with Crippen molar-refractivity contribution in [2.45, 2.75) is 11.7 Å². The van der Waals surface area contributed by atoms with Crippen molar-refractivity contribution in [1.29, 1.82) is 0 Å². The zero-order valence-corrected chi connectivity index (χ0v) is 14.1. The van der Waals surface area contributed by atoms with Crippen molar-refractivity contribution in [1.82, 2.24) is 15.3 Å². The summed E-state index contributed by atoms with van der Waals surface area (Å²) in [6, 6.07) is 3.33. The molecule has 0 spiro atoms. The minimum atomic E-state index is -0.203. The summed E-state index contributed by atoms with van der Waals surface area (Å²) in [6.45, 7) is 0.374. The van der Waals surface area contributed by atoms with Gasteiger partial charge < -0.3 is 10.1 Å². The number of nitrogens with zero attached hydrogens (tertiary/aromatic N) is 2. The summed E-state index contributed by atoms with van der Waals surface area (Å²) >= 11 is 13.8. The van der Waals surface area contributed by atoms with Crippen molar-refractivity contribution in [3.05, 3.63) is 33.4 Å². The van der Waals surface area contributed by atoms with Crippen LogP contribution in [0, 0.1) is 0 Å². The molecule has 0 atom stereocenters. The van der Waals surface area contributed by atoms with Crippen LogP contribution in [0.2, 0.25) is 10.0 Å². The van der Waals surface area contributed by atoms with Gasteiger partial charge in [0.25, 0.3) is 5.91 Å². The molecule has 2 aromatic rings. The van der Waals surface area contributed by atoms with Crippen LogP contribution in [-0.2, 0) is 6.54 Å². The first-order chi connectivity index (χ1) is 10.5. The first-order valence-electron chi connectivity index (χ1n) is 6.31. The minimum Gasteiger partial charge on any atom is -0.495 e. The van der Waals surface area contributed by atoms with Crippen LogP contribution in [0.3, 0.4) is 0 Å². The summed E-state index contributed by atoms with van der Waals surface area (Å²) in [5.74, 6) is 0.294. The topological polar surface area (TPSA) is 64.1 Å². The average molecular weight is 356 g/mol. The summed E-state index contributed by atoms with van der Waals surface area (Å²) in [4.78, 5) is 20.7. The number of carbonyl (C=O) groups is 1. The third-order valence-electron chi connectivity index (χ3n) is 3.31. The number of ether oxygens (including phenoxy) is 1. The highest BCUT2D eigenvalue weighted by atomic mass is 35.5. The quantitative estimate of drug-likeness (QED) is 0.674.